The Morgan fingerprint density at radius 2 is 1.83 bits per heavy atom. The molecule has 0 rings (SSSR count). The van der Waals surface area contributed by atoms with Crippen LogP contribution in [-0.4, -0.2) is 12.6 Å². The van der Waals surface area contributed by atoms with Crippen LogP contribution >= 0.6 is 0 Å². The van der Waals surface area contributed by atoms with E-state index in [-0.39, 0.29) is 0 Å². The number of hydrogen-bond acceptors (Lipinski definition) is 1. The Morgan fingerprint density at radius 1 is 1.33 bits per heavy atom. The van der Waals surface area contributed by atoms with E-state index in [0.717, 1.165) is 5.70 Å². The fourth-order valence-electron chi connectivity index (χ4n) is 0.323. The minimum atomic E-state index is 0.406. The molecule has 0 aromatic heterocycles. The number of allylic oxidation sites excluding steroid dienone is 1. The predicted molar refractivity (Wildman–Crippen MR) is 58.0 cm³/mol. The van der Waals surface area contributed by atoms with Gasteiger partial charge in [0.1, 0.15) is 6.34 Å². The Balaban J connectivity index is 0. The highest BCUT2D eigenvalue weighted by atomic mass is 14.9. The third-order valence-corrected chi connectivity index (χ3v) is 1.11. The lowest BCUT2D eigenvalue weighted by molar-refractivity contribution is 0.763. The molecular weight excluding hydrogens is 148 g/mol. The van der Waals surface area contributed by atoms with Gasteiger partial charge in [-0.1, -0.05) is 34.3 Å². The Kier molecular flexibility index (Phi) is 11.5. The van der Waals surface area contributed by atoms with E-state index >= 15 is 0 Å². The summed E-state index contributed by atoms with van der Waals surface area (Å²) in [5.74, 6) is 0.406. The molecule has 0 saturated carbocycles. The highest BCUT2D eigenvalue weighted by Gasteiger charge is 1.93. The van der Waals surface area contributed by atoms with Gasteiger partial charge < -0.3 is 0 Å². The van der Waals surface area contributed by atoms with E-state index < -0.39 is 0 Å². The lowest BCUT2D eigenvalue weighted by Crippen LogP contribution is -1.87. The van der Waals surface area contributed by atoms with Crippen LogP contribution in [0, 0.1) is 5.92 Å². The van der Waals surface area contributed by atoms with Crippen LogP contribution in [0.2, 0.25) is 0 Å². The van der Waals surface area contributed by atoms with Gasteiger partial charge in [0.25, 0.3) is 0 Å². The summed E-state index contributed by atoms with van der Waals surface area (Å²) >= 11 is 0. The molecule has 0 aliphatic carbocycles. The van der Waals surface area contributed by atoms with Crippen LogP contribution in [0.15, 0.2) is 22.3 Å². The van der Waals surface area contributed by atoms with Gasteiger partial charge in [0.15, 0.2) is 0 Å². The van der Waals surface area contributed by atoms with Gasteiger partial charge in [0.2, 0.25) is 0 Å². The lowest BCUT2D eigenvalue weighted by Gasteiger charge is -1.99. The molecule has 0 aromatic rings. The number of aliphatic imine (C=N–C) groups is 2. The largest absolute Gasteiger partial charge is 0.250 e. The van der Waals surface area contributed by atoms with Crippen LogP contribution < -0.4 is 0 Å². The molecule has 0 fully saturated rings. The zero-order chi connectivity index (χ0) is 9.98. The molecule has 0 atom stereocenters. The normalized spacial score (nSPS) is 10.5. The van der Waals surface area contributed by atoms with Gasteiger partial charge in [-0.15, -0.1) is 0 Å². The second-order valence-electron chi connectivity index (χ2n) is 2.30. The fraction of sp³-hybridized carbons (Fsp3) is 0.600. The minimum absolute atomic E-state index is 0.406. The molecule has 0 bridgehead atoms. The predicted octanol–water partition coefficient (Wildman–Crippen LogP) is 3.30. The molecule has 0 radical (unpaired) electrons. The highest BCUT2D eigenvalue weighted by molar-refractivity contribution is 5.71. The summed E-state index contributed by atoms with van der Waals surface area (Å²) < 4.78 is 0. The molecule has 0 unspecified atom stereocenters. The van der Waals surface area contributed by atoms with Crippen LogP contribution in [0.1, 0.15) is 34.6 Å². The van der Waals surface area contributed by atoms with Gasteiger partial charge in [0, 0.05) is 11.9 Å². The smallest absolute Gasteiger partial charge is 0.115 e. The molecular formula is C10H20N2. The fourth-order valence-corrected chi connectivity index (χ4v) is 0.323. The van der Waals surface area contributed by atoms with E-state index in [1.165, 1.54) is 6.34 Å². The Morgan fingerprint density at radius 3 is 2.17 bits per heavy atom. The third kappa shape index (κ3) is 9.08. The van der Waals surface area contributed by atoms with Crippen molar-refractivity contribution in [3.05, 3.63) is 12.3 Å². The second-order valence-corrected chi connectivity index (χ2v) is 2.30. The van der Waals surface area contributed by atoms with Crippen molar-refractivity contribution in [1.29, 1.82) is 0 Å². The number of rotatable bonds is 3. The second kappa shape index (κ2) is 10.1. The van der Waals surface area contributed by atoms with Gasteiger partial charge in [-0.2, -0.15) is 0 Å². The Hall–Kier alpha value is -0.920. The molecule has 0 N–H and O–H groups in total. The zero-order valence-corrected chi connectivity index (χ0v) is 8.83. The van der Waals surface area contributed by atoms with Crippen molar-refractivity contribution in [3.63, 3.8) is 0 Å². The van der Waals surface area contributed by atoms with Crippen molar-refractivity contribution in [2.75, 3.05) is 0 Å². The van der Waals surface area contributed by atoms with Gasteiger partial charge in [-0.25, -0.2) is 9.98 Å². The van der Waals surface area contributed by atoms with Crippen LogP contribution in [0.4, 0.5) is 0 Å². The van der Waals surface area contributed by atoms with Crippen LogP contribution in [0.3, 0.4) is 0 Å². The van der Waals surface area contributed by atoms with Crippen molar-refractivity contribution in [2.24, 2.45) is 15.9 Å². The summed E-state index contributed by atoms with van der Waals surface area (Å²) in [6.07, 6.45) is 3.21. The molecule has 0 aromatic carbocycles. The Bertz CT molecular complexity index is 155. The maximum atomic E-state index is 4.00. The standard InChI is InChI=1S/C8H14N2.C2H6/c1-5-9-6-10-8(4)7(2)3;1-2/h5-7H,4H2,1-3H3;1-2H3. The number of hydrogen-bond donors (Lipinski definition) is 0. The maximum Gasteiger partial charge on any atom is 0.115 e. The van der Waals surface area contributed by atoms with Gasteiger partial charge in [-0.05, 0) is 12.8 Å². The zero-order valence-electron chi connectivity index (χ0n) is 8.83. The van der Waals surface area contributed by atoms with Crippen molar-refractivity contribution >= 4 is 12.6 Å². The molecule has 0 amide bonds. The quantitative estimate of drug-likeness (QED) is 0.456. The molecule has 12 heavy (non-hydrogen) atoms. The first-order valence-corrected chi connectivity index (χ1v) is 4.37. The van der Waals surface area contributed by atoms with E-state index in [0.29, 0.717) is 5.92 Å². The van der Waals surface area contributed by atoms with E-state index in [2.05, 4.69) is 30.4 Å². The molecule has 2 nitrogen and oxygen atoms in total. The average molecular weight is 168 g/mol. The van der Waals surface area contributed by atoms with Crippen LogP contribution in [0.5, 0.6) is 0 Å². The summed E-state index contributed by atoms with van der Waals surface area (Å²) in [4.78, 5) is 7.81. The molecule has 2 heteroatoms. The van der Waals surface area contributed by atoms with Gasteiger partial charge >= 0.3 is 0 Å². The molecule has 0 aliphatic heterocycles. The van der Waals surface area contributed by atoms with Crippen molar-refractivity contribution in [2.45, 2.75) is 34.6 Å². The average Bonchev–Trinajstić information content (AvgIpc) is 2.08. The lowest BCUT2D eigenvalue weighted by atomic mass is 10.2. The summed E-state index contributed by atoms with van der Waals surface area (Å²) in [7, 11) is 0. The van der Waals surface area contributed by atoms with E-state index in [1.807, 2.05) is 20.8 Å². The van der Waals surface area contributed by atoms with Crippen LogP contribution in [0.25, 0.3) is 0 Å². The molecule has 0 aliphatic rings. The molecule has 0 spiro atoms. The topological polar surface area (TPSA) is 24.7 Å². The molecule has 70 valence electrons. The maximum absolute atomic E-state index is 4.00. The van der Waals surface area contributed by atoms with E-state index in [9.17, 15) is 0 Å². The first-order chi connectivity index (χ1) is 5.68. The Labute approximate surface area is 76.1 Å². The molecule has 0 saturated heterocycles. The summed E-state index contributed by atoms with van der Waals surface area (Å²) in [5.41, 5.74) is 0.866. The van der Waals surface area contributed by atoms with E-state index in [4.69, 9.17) is 0 Å². The summed E-state index contributed by atoms with van der Waals surface area (Å²) in [6, 6.07) is 0. The van der Waals surface area contributed by atoms with Crippen LogP contribution in [-0.2, 0) is 0 Å². The monoisotopic (exact) mass is 168 g/mol. The molecule has 0 heterocycles. The summed E-state index contributed by atoms with van der Waals surface area (Å²) in [6.45, 7) is 13.7. The van der Waals surface area contributed by atoms with Crippen molar-refractivity contribution in [3.8, 4) is 0 Å². The SMILES string of the molecule is C=C(N=CN=CC)C(C)C.CC. The first kappa shape index (κ1) is 13.7. The minimum Gasteiger partial charge on any atom is -0.250 e. The highest BCUT2D eigenvalue weighted by Crippen LogP contribution is 2.05. The van der Waals surface area contributed by atoms with E-state index in [1.54, 1.807) is 6.21 Å². The van der Waals surface area contributed by atoms with Gasteiger partial charge in [0.05, 0.1) is 0 Å². The first-order valence-electron chi connectivity index (χ1n) is 4.37. The summed E-state index contributed by atoms with van der Waals surface area (Å²) in [5, 5.41) is 0. The number of nitrogens with zero attached hydrogens (tertiary/aromatic N) is 2. The van der Waals surface area contributed by atoms with Crippen molar-refractivity contribution < 1.29 is 0 Å². The van der Waals surface area contributed by atoms with Gasteiger partial charge in [-0.3, -0.25) is 0 Å². The van der Waals surface area contributed by atoms with Crippen molar-refractivity contribution in [1.82, 2.24) is 0 Å². The third-order valence-electron chi connectivity index (χ3n) is 1.11.